The van der Waals surface area contributed by atoms with Crippen molar-refractivity contribution in [2.75, 3.05) is 6.26 Å². The van der Waals surface area contributed by atoms with Gasteiger partial charge in [-0.15, -0.1) is 11.8 Å². The lowest BCUT2D eigenvalue weighted by molar-refractivity contribution is 0.0809. The molecule has 1 aromatic carbocycles. The van der Waals surface area contributed by atoms with Crippen LogP contribution in [0.3, 0.4) is 0 Å². The molecule has 0 unspecified atom stereocenters. The summed E-state index contributed by atoms with van der Waals surface area (Å²) < 4.78 is 0. The fourth-order valence-corrected chi connectivity index (χ4v) is 1.77. The predicted molar refractivity (Wildman–Crippen MR) is 58.2 cm³/mol. The Kier molecular flexibility index (Phi) is 3.40. The van der Waals surface area contributed by atoms with Gasteiger partial charge in [-0.05, 0) is 37.8 Å². The Morgan fingerprint density at radius 2 is 2.08 bits per heavy atom. The monoisotopic (exact) mass is 196 g/mol. The summed E-state index contributed by atoms with van der Waals surface area (Å²) in [6.07, 6.45) is 2.77. The van der Waals surface area contributed by atoms with Gasteiger partial charge in [0.2, 0.25) is 0 Å². The molecule has 72 valence electrons. The Bertz CT molecular complexity index is 276. The second kappa shape index (κ2) is 4.16. The van der Waals surface area contributed by atoms with Crippen LogP contribution in [0.15, 0.2) is 29.2 Å². The summed E-state index contributed by atoms with van der Waals surface area (Å²) in [6, 6.07) is 8.30. The molecule has 2 heteroatoms. The lowest BCUT2D eigenvalue weighted by Crippen LogP contribution is -2.21. The van der Waals surface area contributed by atoms with Crippen LogP contribution in [-0.2, 0) is 6.42 Å². The Hall–Kier alpha value is -0.470. The molecule has 13 heavy (non-hydrogen) atoms. The van der Waals surface area contributed by atoms with Gasteiger partial charge in [-0.25, -0.2) is 0 Å². The maximum absolute atomic E-state index is 9.63. The molecule has 0 saturated heterocycles. The second-order valence-corrected chi connectivity index (χ2v) is 4.72. The van der Waals surface area contributed by atoms with Crippen molar-refractivity contribution in [2.45, 2.75) is 30.8 Å². The van der Waals surface area contributed by atoms with Crippen molar-refractivity contribution < 1.29 is 5.11 Å². The lowest BCUT2D eigenvalue weighted by atomic mass is 9.99. The van der Waals surface area contributed by atoms with E-state index in [9.17, 15) is 5.11 Å². The zero-order valence-electron chi connectivity index (χ0n) is 8.37. The van der Waals surface area contributed by atoms with Crippen LogP contribution in [-0.4, -0.2) is 17.0 Å². The molecule has 0 saturated carbocycles. The van der Waals surface area contributed by atoms with E-state index in [1.54, 1.807) is 11.8 Å². The van der Waals surface area contributed by atoms with Crippen LogP contribution in [0.25, 0.3) is 0 Å². The molecule has 1 nitrogen and oxygen atoms in total. The molecular weight excluding hydrogens is 180 g/mol. The first-order valence-corrected chi connectivity index (χ1v) is 5.59. The molecule has 0 aliphatic rings. The highest BCUT2D eigenvalue weighted by Crippen LogP contribution is 2.19. The summed E-state index contributed by atoms with van der Waals surface area (Å²) in [6.45, 7) is 3.66. The van der Waals surface area contributed by atoms with Crippen molar-refractivity contribution in [3.63, 3.8) is 0 Å². The van der Waals surface area contributed by atoms with Gasteiger partial charge in [0.05, 0.1) is 5.60 Å². The fourth-order valence-electron chi connectivity index (χ4n) is 1.28. The third kappa shape index (κ3) is 3.83. The standard InChI is InChI=1S/C11H16OS/c1-11(2,12)8-9-5-4-6-10(7-9)13-3/h4-7,12H,8H2,1-3H3. The summed E-state index contributed by atoms with van der Waals surface area (Å²) in [5.41, 5.74) is 0.580. The van der Waals surface area contributed by atoms with Crippen LogP contribution in [0.2, 0.25) is 0 Å². The number of benzene rings is 1. The van der Waals surface area contributed by atoms with Crippen molar-refractivity contribution in [3.05, 3.63) is 29.8 Å². The lowest BCUT2D eigenvalue weighted by Gasteiger charge is -2.17. The molecule has 0 spiro atoms. The van der Waals surface area contributed by atoms with E-state index in [1.807, 2.05) is 19.9 Å². The largest absolute Gasteiger partial charge is 0.390 e. The molecule has 1 N–H and O–H groups in total. The summed E-state index contributed by atoms with van der Waals surface area (Å²) in [4.78, 5) is 1.25. The van der Waals surface area contributed by atoms with Crippen molar-refractivity contribution in [2.24, 2.45) is 0 Å². The summed E-state index contributed by atoms with van der Waals surface area (Å²) in [5, 5.41) is 9.63. The SMILES string of the molecule is CSc1cccc(CC(C)(C)O)c1. The van der Waals surface area contributed by atoms with Gasteiger partial charge in [0.1, 0.15) is 0 Å². The quantitative estimate of drug-likeness (QED) is 0.750. The van der Waals surface area contributed by atoms with Gasteiger partial charge in [0, 0.05) is 11.3 Å². The highest BCUT2D eigenvalue weighted by molar-refractivity contribution is 7.98. The summed E-state index contributed by atoms with van der Waals surface area (Å²) in [7, 11) is 0. The molecule has 0 fully saturated rings. The number of hydrogen-bond donors (Lipinski definition) is 1. The van der Waals surface area contributed by atoms with Crippen LogP contribution in [0.5, 0.6) is 0 Å². The third-order valence-electron chi connectivity index (χ3n) is 1.77. The van der Waals surface area contributed by atoms with Crippen LogP contribution < -0.4 is 0 Å². The maximum atomic E-state index is 9.63. The summed E-state index contributed by atoms with van der Waals surface area (Å²) in [5.74, 6) is 0. The van der Waals surface area contributed by atoms with Crippen molar-refractivity contribution >= 4 is 11.8 Å². The minimum absolute atomic E-state index is 0.614. The average molecular weight is 196 g/mol. The van der Waals surface area contributed by atoms with Crippen molar-refractivity contribution in [1.82, 2.24) is 0 Å². The highest BCUT2D eigenvalue weighted by Gasteiger charge is 2.13. The zero-order valence-corrected chi connectivity index (χ0v) is 9.19. The first-order valence-electron chi connectivity index (χ1n) is 4.36. The molecule has 0 radical (unpaired) electrons. The smallest absolute Gasteiger partial charge is 0.0631 e. The van der Waals surface area contributed by atoms with Crippen molar-refractivity contribution in [3.8, 4) is 0 Å². The number of hydrogen-bond acceptors (Lipinski definition) is 2. The van der Waals surface area contributed by atoms with Crippen molar-refractivity contribution in [1.29, 1.82) is 0 Å². The molecule has 0 heterocycles. The van der Waals surface area contributed by atoms with E-state index in [4.69, 9.17) is 0 Å². The molecule has 0 atom stereocenters. The van der Waals surface area contributed by atoms with E-state index < -0.39 is 5.60 Å². The van der Waals surface area contributed by atoms with Gasteiger partial charge >= 0.3 is 0 Å². The number of aliphatic hydroxyl groups is 1. The normalized spacial score (nSPS) is 11.7. The van der Waals surface area contributed by atoms with Crippen LogP contribution in [0, 0.1) is 0 Å². The molecule has 0 aromatic heterocycles. The van der Waals surface area contributed by atoms with Gasteiger partial charge in [-0.3, -0.25) is 0 Å². The van der Waals surface area contributed by atoms with E-state index in [1.165, 1.54) is 10.5 Å². The van der Waals surface area contributed by atoms with Gasteiger partial charge in [0.15, 0.2) is 0 Å². The maximum Gasteiger partial charge on any atom is 0.0631 e. The van der Waals surface area contributed by atoms with Crippen LogP contribution >= 0.6 is 11.8 Å². The molecular formula is C11H16OS. The molecule has 0 aliphatic carbocycles. The second-order valence-electron chi connectivity index (χ2n) is 3.84. The van der Waals surface area contributed by atoms with Gasteiger partial charge in [-0.1, -0.05) is 12.1 Å². The Labute approximate surface area is 84.2 Å². The van der Waals surface area contributed by atoms with E-state index in [0.717, 1.165) is 0 Å². The van der Waals surface area contributed by atoms with Gasteiger partial charge in [0.25, 0.3) is 0 Å². The average Bonchev–Trinajstić information content (AvgIpc) is 2.01. The highest BCUT2D eigenvalue weighted by atomic mass is 32.2. The molecule has 0 aliphatic heterocycles. The predicted octanol–water partition coefficient (Wildman–Crippen LogP) is 2.72. The molecule has 0 amide bonds. The number of thioether (sulfide) groups is 1. The topological polar surface area (TPSA) is 20.2 Å². The molecule has 1 rings (SSSR count). The van der Waals surface area contributed by atoms with Crippen LogP contribution in [0.1, 0.15) is 19.4 Å². The van der Waals surface area contributed by atoms with Gasteiger partial charge < -0.3 is 5.11 Å². The van der Waals surface area contributed by atoms with E-state index in [-0.39, 0.29) is 0 Å². The van der Waals surface area contributed by atoms with E-state index >= 15 is 0 Å². The van der Waals surface area contributed by atoms with E-state index in [2.05, 4.69) is 24.5 Å². The first-order chi connectivity index (χ1) is 6.01. The van der Waals surface area contributed by atoms with Gasteiger partial charge in [-0.2, -0.15) is 0 Å². The minimum atomic E-state index is -0.614. The fraction of sp³-hybridized carbons (Fsp3) is 0.455. The first kappa shape index (κ1) is 10.6. The third-order valence-corrected chi connectivity index (χ3v) is 2.50. The molecule has 1 aromatic rings. The Balaban J connectivity index is 2.78. The van der Waals surface area contributed by atoms with E-state index in [0.29, 0.717) is 6.42 Å². The Morgan fingerprint density at radius 3 is 2.62 bits per heavy atom. The zero-order chi connectivity index (χ0) is 9.90. The van der Waals surface area contributed by atoms with Crippen LogP contribution in [0.4, 0.5) is 0 Å². The minimum Gasteiger partial charge on any atom is -0.390 e. The molecule has 0 bridgehead atoms. The Morgan fingerprint density at radius 1 is 1.38 bits per heavy atom. The number of rotatable bonds is 3. The summed E-state index contributed by atoms with van der Waals surface area (Å²) >= 11 is 1.73.